The number of hydrogen-bond donors (Lipinski definition) is 1. The number of nitrogens with zero attached hydrogens (tertiary/aromatic N) is 1. The van der Waals surface area contributed by atoms with Crippen molar-refractivity contribution in [1.29, 1.82) is 0 Å². The van der Waals surface area contributed by atoms with Crippen molar-refractivity contribution in [2.24, 2.45) is 0 Å². The Bertz CT molecular complexity index is 570. The van der Waals surface area contributed by atoms with Gasteiger partial charge >= 0.3 is 18.0 Å². The van der Waals surface area contributed by atoms with Crippen LogP contribution >= 0.6 is 11.3 Å². The van der Waals surface area contributed by atoms with Gasteiger partial charge in [-0.2, -0.15) is 0 Å². The van der Waals surface area contributed by atoms with Gasteiger partial charge in [0.2, 0.25) is 0 Å². The molecule has 1 N–H and O–H groups in total. The largest absolute Gasteiger partial charge is 0.462 e. The Balaban J connectivity index is 2.88. The fourth-order valence-electron chi connectivity index (χ4n) is 1.57. The molecule has 0 aliphatic heterocycles. The predicted molar refractivity (Wildman–Crippen MR) is 87.1 cm³/mol. The van der Waals surface area contributed by atoms with E-state index in [1.807, 2.05) is 0 Å². The van der Waals surface area contributed by atoms with Gasteiger partial charge in [0.1, 0.15) is 15.5 Å². The minimum Gasteiger partial charge on any atom is -0.462 e. The zero-order valence-corrected chi connectivity index (χ0v) is 15.2. The summed E-state index contributed by atoms with van der Waals surface area (Å²) in [5.41, 5.74) is -0.736. The molecule has 1 aromatic heterocycles. The molecule has 0 aliphatic carbocycles. The van der Waals surface area contributed by atoms with E-state index in [0.717, 1.165) is 11.3 Å². The van der Waals surface area contributed by atoms with Crippen molar-refractivity contribution >= 4 is 29.4 Å². The molecule has 0 spiro atoms. The number of alkyl carbamates (subject to hydrolysis) is 1. The van der Waals surface area contributed by atoms with Gasteiger partial charge < -0.3 is 19.5 Å². The lowest BCUT2D eigenvalue weighted by molar-refractivity contribution is 0.0478. The maximum Gasteiger partial charge on any atom is 0.408 e. The Morgan fingerprint density at radius 2 is 1.67 bits per heavy atom. The number of amides is 1. The highest BCUT2D eigenvalue weighted by Gasteiger charge is 2.26. The third kappa shape index (κ3) is 6.15. The van der Waals surface area contributed by atoms with E-state index < -0.39 is 23.6 Å². The van der Waals surface area contributed by atoms with Crippen molar-refractivity contribution in [1.82, 2.24) is 10.3 Å². The first-order valence-corrected chi connectivity index (χ1v) is 8.30. The Kier molecular flexibility index (Phi) is 7.15. The lowest BCUT2D eigenvalue weighted by Crippen LogP contribution is -2.32. The Morgan fingerprint density at radius 3 is 2.21 bits per heavy atom. The summed E-state index contributed by atoms with van der Waals surface area (Å²) in [6.07, 6.45) is -0.618. The van der Waals surface area contributed by atoms with Gasteiger partial charge in [-0.25, -0.2) is 19.4 Å². The monoisotopic (exact) mass is 358 g/mol. The van der Waals surface area contributed by atoms with E-state index in [2.05, 4.69) is 10.3 Å². The topological polar surface area (TPSA) is 104 Å². The van der Waals surface area contributed by atoms with Gasteiger partial charge in [0.25, 0.3) is 0 Å². The van der Waals surface area contributed by atoms with Gasteiger partial charge in [0, 0.05) is 0 Å². The molecule has 9 heteroatoms. The van der Waals surface area contributed by atoms with E-state index in [-0.39, 0.29) is 30.3 Å². The van der Waals surface area contributed by atoms with E-state index in [4.69, 9.17) is 14.2 Å². The molecule has 0 atom stereocenters. The fraction of sp³-hybridized carbons (Fsp3) is 0.600. The second-order valence-corrected chi connectivity index (χ2v) is 6.67. The molecule has 0 fully saturated rings. The number of carbonyl (C=O) groups is 3. The minimum atomic E-state index is -0.708. The highest BCUT2D eigenvalue weighted by atomic mass is 32.1. The smallest absolute Gasteiger partial charge is 0.408 e. The highest BCUT2D eigenvalue weighted by molar-refractivity contribution is 7.13. The third-order valence-corrected chi connectivity index (χ3v) is 3.42. The van der Waals surface area contributed by atoms with Crippen LogP contribution in [0, 0.1) is 0 Å². The summed E-state index contributed by atoms with van der Waals surface area (Å²) in [5, 5.41) is 2.89. The molecule has 1 amide bonds. The molecular formula is C15H22N2O6S. The molecule has 8 nitrogen and oxygen atoms in total. The van der Waals surface area contributed by atoms with Crippen LogP contribution in [0.4, 0.5) is 4.79 Å². The number of carbonyl (C=O) groups excluding carboxylic acids is 3. The van der Waals surface area contributed by atoms with E-state index in [1.54, 1.807) is 34.6 Å². The summed E-state index contributed by atoms with van der Waals surface area (Å²) < 4.78 is 14.9. The normalized spacial score (nSPS) is 10.9. The molecule has 0 unspecified atom stereocenters. The van der Waals surface area contributed by atoms with Crippen LogP contribution in [0.1, 0.15) is 59.8 Å². The summed E-state index contributed by atoms with van der Waals surface area (Å²) >= 11 is 0.965. The van der Waals surface area contributed by atoms with Crippen molar-refractivity contribution < 1.29 is 28.6 Å². The first-order chi connectivity index (χ1) is 11.2. The van der Waals surface area contributed by atoms with Crippen LogP contribution in [0.2, 0.25) is 0 Å². The minimum absolute atomic E-state index is 0.0192. The van der Waals surface area contributed by atoms with Crippen LogP contribution in [0.25, 0.3) is 0 Å². The van der Waals surface area contributed by atoms with E-state index >= 15 is 0 Å². The van der Waals surface area contributed by atoms with E-state index in [0.29, 0.717) is 5.01 Å². The molecule has 0 aromatic carbocycles. The van der Waals surface area contributed by atoms with Crippen LogP contribution in [-0.4, -0.2) is 41.8 Å². The van der Waals surface area contributed by atoms with Crippen LogP contribution in [-0.2, 0) is 20.8 Å². The summed E-state index contributed by atoms with van der Waals surface area (Å²) in [5.74, 6) is -1.36. The van der Waals surface area contributed by atoms with Crippen molar-refractivity contribution in [2.45, 2.75) is 46.8 Å². The molecular weight excluding hydrogens is 336 g/mol. The number of esters is 2. The molecule has 1 heterocycles. The van der Waals surface area contributed by atoms with Crippen LogP contribution < -0.4 is 5.32 Å². The lowest BCUT2D eigenvalue weighted by atomic mass is 10.2. The van der Waals surface area contributed by atoms with Gasteiger partial charge in [-0.15, -0.1) is 11.3 Å². The second-order valence-electron chi connectivity index (χ2n) is 5.58. The number of nitrogens with one attached hydrogen (secondary N) is 1. The first kappa shape index (κ1) is 19.9. The van der Waals surface area contributed by atoms with Crippen molar-refractivity contribution in [3.8, 4) is 0 Å². The van der Waals surface area contributed by atoms with Gasteiger partial charge in [0.05, 0.1) is 19.8 Å². The summed E-state index contributed by atoms with van der Waals surface area (Å²) in [7, 11) is 0. The van der Waals surface area contributed by atoms with Gasteiger partial charge in [-0.05, 0) is 34.6 Å². The molecule has 0 saturated carbocycles. The van der Waals surface area contributed by atoms with Gasteiger partial charge in [-0.3, -0.25) is 0 Å². The summed E-state index contributed by atoms with van der Waals surface area (Å²) in [6.45, 7) is 8.89. The number of rotatable bonds is 6. The number of thiazole rings is 1. The Morgan fingerprint density at radius 1 is 1.08 bits per heavy atom. The van der Waals surface area contributed by atoms with Gasteiger partial charge in [-0.1, -0.05) is 0 Å². The van der Waals surface area contributed by atoms with Gasteiger partial charge in [0.15, 0.2) is 5.69 Å². The summed E-state index contributed by atoms with van der Waals surface area (Å²) in [6, 6.07) is 0. The van der Waals surface area contributed by atoms with E-state index in [1.165, 1.54) is 0 Å². The van der Waals surface area contributed by atoms with Crippen LogP contribution in [0.5, 0.6) is 0 Å². The standard InChI is InChI=1S/C15H22N2O6S/c1-6-21-12(18)10-11(13(19)22-7-2)24-9(17-10)8-16-14(20)23-15(3,4)5/h6-8H2,1-5H3,(H,16,20). The number of aromatic nitrogens is 1. The molecule has 0 aliphatic rings. The van der Waals surface area contributed by atoms with Crippen molar-refractivity contribution in [3.63, 3.8) is 0 Å². The van der Waals surface area contributed by atoms with Crippen LogP contribution in [0.15, 0.2) is 0 Å². The fourth-order valence-corrected chi connectivity index (χ4v) is 2.46. The molecule has 1 rings (SSSR count). The zero-order valence-electron chi connectivity index (χ0n) is 14.4. The average Bonchev–Trinajstić information content (AvgIpc) is 2.88. The molecule has 0 bridgehead atoms. The molecule has 134 valence electrons. The third-order valence-electron chi connectivity index (χ3n) is 2.38. The van der Waals surface area contributed by atoms with Crippen molar-refractivity contribution in [3.05, 3.63) is 15.6 Å². The quantitative estimate of drug-likeness (QED) is 0.615. The van der Waals surface area contributed by atoms with Crippen molar-refractivity contribution in [2.75, 3.05) is 13.2 Å². The first-order valence-electron chi connectivity index (χ1n) is 7.48. The SMILES string of the molecule is CCOC(=O)c1nc(CNC(=O)OC(C)(C)C)sc1C(=O)OCC. The summed E-state index contributed by atoms with van der Waals surface area (Å²) in [4.78, 5) is 39.6. The van der Waals surface area contributed by atoms with E-state index in [9.17, 15) is 14.4 Å². The lowest BCUT2D eigenvalue weighted by Gasteiger charge is -2.19. The Labute approximate surface area is 144 Å². The predicted octanol–water partition coefficient (Wildman–Crippen LogP) is 2.52. The molecule has 1 aromatic rings. The number of hydrogen-bond acceptors (Lipinski definition) is 8. The highest BCUT2D eigenvalue weighted by Crippen LogP contribution is 2.21. The maximum absolute atomic E-state index is 11.9. The maximum atomic E-state index is 11.9. The molecule has 24 heavy (non-hydrogen) atoms. The second kappa shape index (κ2) is 8.62. The molecule has 0 saturated heterocycles. The number of ether oxygens (including phenoxy) is 3. The van der Waals surface area contributed by atoms with Crippen LogP contribution in [0.3, 0.4) is 0 Å². The zero-order chi connectivity index (χ0) is 18.3. The molecule has 0 radical (unpaired) electrons. The average molecular weight is 358 g/mol. The Hall–Kier alpha value is -2.16.